The van der Waals surface area contributed by atoms with Gasteiger partial charge in [0.2, 0.25) is 5.91 Å². The van der Waals surface area contributed by atoms with E-state index in [4.69, 9.17) is 16.7 Å². The molecule has 6 heteroatoms. The van der Waals surface area contributed by atoms with Gasteiger partial charge in [-0.15, -0.1) is 0 Å². The third-order valence-corrected chi connectivity index (χ3v) is 5.09. The molecular formula is C19H27ClN2O3. The van der Waals surface area contributed by atoms with Crippen LogP contribution in [0.2, 0.25) is 5.02 Å². The zero-order valence-corrected chi connectivity index (χ0v) is 15.8. The molecule has 1 fully saturated rings. The minimum absolute atomic E-state index is 0.0252. The number of carboxylic acid groups (broad SMARTS) is 1. The van der Waals surface area contributed by atoms with Gasteiger partial charge in [-0.1, -0.05) is 44.5 Å². The fourth-order valence-corrected chi connectivity index (χ4v) is 3.51. The second kappa shape index (κ2) is 8.19. The topological polar surface area (TPSA) is 69.6 Å². The van der Waals surface area contributed by atoms with Gasteiger partial charge >= 0.3 is 5.97 Å². The number of nitrogens with zero attached hydrogens (tertiary/aromatic N) is 1. The molecule has 1 aliphatic carbocycles. The first kappa shape index (κ1) is 19.7. The van der Waals surface area contributed by atoms with Crippen molar-refractivity contribution >= 4 is 23.5 Å². The predicted molar refractivity (Wildman–Crippen MR) is 98.8 cm³/mol. The second-order valence-corrected chi connectivity index (χ2v) is 7.88. The molecule has 138 valence electrons. The Morgan fingerprint density at radius 2 is 2.04 bits per heavy atom. The van der Waals surface area contributed by atoms with Gasteiger partial charge in [0.1, 0.15) is 0 Å². The van der Waals surface area contributed by atoms with E-state index in [1.54, 1.807) is 0 Å². The molecule has 0 aliphatic heterocycles. The Labute approximate surface area is 154 Å². The number of rotatable bonds is 8. The number of amides is 1. The van der Waals surface area contributed by atoms with Gasteiger partial charge < -0.3 is 10.4 Å². The van der Waals surface area contributed by atoms with Crippen LogP contribution in [-0.4, -0.2) is 47.1 Å². The van der Waals surface area contributed by atoms with E-state index in [0.29, 0.717) is 18.0 Å². The number of nitrogens with one attached hydrogen (secondary N) is 1. The third-order valence-electron chi connectivity index (χ3n) is 4.86. The van der Waals surface area contributed by atoms with Gasteiger partial charge in [-0.2, -0.15) is 0 Å². The van der Waals surface area contributed by atoms with Crippen LogP contribution in [0.3, 0.4) is 0 Å². The van der Waals surface area contributed by atoms with Crippen molar-refractivity contribution in [3.8, 4) is 0 Å². The van der Waals surface area contributed by atoms with Crippen LogP contribution in [0.25, 0.3) is 0 Å². The molecule has 1 aromatic rings. The van der Waals surface area contributed by atoms with E-state index in [1.165, 1.54) is 0 Å². The molecule has 2 N–H and O–H groups in total. The van der Waals surface area contributed by atoms with E-state index in [2.05, 4.69) is 5.32 Å². The highest BCUT2D eigenvalue weighted by atomic mass is 35.5. The van der Waals surface area contributed by atoms with Crippen molar-refractivity contribution in [1.29, 1.82) is 0 Å². The van der Waals surface area contributed by atoms with Gasteiger partial charge in [0, 0.05) is 22.5 Å². The lowest BCUT2D eigenvalue weighted by Gasteiger charge is -2.43. The quantitative estimate of drug-likeness (QED) is 0.742. The molecule has 5 nitrogen and oxygen atoms in total. The van der Waals surface area contributed by atoms with Crippen molar-refractivity contribution in [2.45, 2.75) is 52.1 Å². The molecule has 1 saturated carbocycles. The van der Waals surface area contributed by atoms with Crippen LogP contribution in [-0.2, 0) is 16.0 Å². The molecule has 0 bridgehead atoms. The van der Waals surface area contributed by atoms with Gasteiger partial charge in [-0.3, -0.25) is 14.5 Å². The number of carboxylic acids is 1. The number of halogens is 1. The summed E-state index contributed by atoms with van der Waals surface area (Å²) >= 11 is 6.02. The predicted octanol–water partition coefficient (Wildman–Crippen LogP) is 2.96. The zero-order chi connectivity index (χ0) is 18.6. The zero-order valence-electron chi connectivity index (χ0n) is 15.1. The summed E-state index contributed by atoms with van der Waals surface area (Å²) in [4.78, 5) is 25.5. The van der Waals surface area contributed by atoms with Gasteiger partial charge in [-0.25, -0.2) is 0 Å². The molecule has 0 heterocycles. The first-order valence-electron chi connectivity index (χ1n) is 8.72. The lowest BCUT2D eigenvalue weighted by atomic mass is 9.81. The standard InChI is InChI=1S/C19H27ClN2O3/c1-4-22(12-17(23)24)16-9-15(10-16)21-18(25)19(2,3)11-13-6-5-7-14(20)8-13/h5-8,15-16H,4,9-12H2,1-3H3,(H,21,25)(H,23,24). The van der Waals surface area contributed by atoms with Crippen molar-refractivity contribution in [3.63, 3.8) is 0 Å². The Balaban J connectivity index is 1.85. The summed E-state index contributed by atoms with van der Waals surface area (Å²) in [6.07, 6.45) is 2.23. The SMILES string of the molecule is CCN(CC(=O)O)C1CC(NC(=O)C(C)(C)Cc2cccc(Cl)c2)C1. The van der Waals surface area contributed by atoms with E-state index in [-0.39, 0.29) is 24.5 Å². The van der Waals surface area contributed by atoms with Crippen LogP contribution in [0, 0.1) is 5.41 Å². The van der Waals surface area contributed by atoms with Gasteiger partial charge in [0.05, 0.1) is 6.54 Å². The number of carbonyl (C=O) groups excluding carboxylic acids is 1. The van der Waals surface area contributed by atoms with E-state index in [1.807, 2.05) is 49.9 Å². The lowest BCUT2D eigenvalue weighted by Crippen LogP contribution is -2.56. The average Bonchev–Trinajstić information content (AvgIpc) is 2.47. The third kappa shape index (κ3) is 5.44. The summed E-state index contributed by atoms with van der Waals surface area (Å²) in [6.45, 7) is 6.59. The molecule has 1 aromatic carbocycles. The summed E-state index contributed by atoms with van der Waals surface area (Å²) in [5, 5.41) is 12.7. The fourth-order valence-electron chi connectivity index (χ4n) is 3.29. The molecule has 0 spiro atoms. The Hall–Kier alpha value is -1.59. The van der Waals surface area contributed by atoms with E-state index < -0.39 is 11.4 Å². The summed E-state index contributed by atoms with van der Waals surface area (Å²) in [5.74, 6) is -0.783. The fraction of sp³-hybridized carbons (Fsp3) is 0.579. The maximum Gasteiger partial charge on any atom is 0.317 e. The number of carbonyl (C=O) groups is 2. The Bertz CT molecular complexity index is 627. The largest absolute Gasteiger partial charge is 0.480 e. The molecule has 0 saturated heterocycles. The molecule has 1 aliphatic rings. The van der Waals surface area contributed by atoms with Gasteiger partial charge in [-0.05, 0) is 43.5 Å². The van der Waals surface area contributed by atoms with Crippen LogP contribution >= 0.6 is 11.6 Å². The molecule has 1 amide bonds. The molecule has 2 rings (SSSR count). The van der Waals surface area contributed by atoms with E-state index in [0.717, 1.165) is 18.4 Å². The van der Waals surface area contributed by atoms with Crippen molar-refractivity contribution in [2.75, 3.05) is 13.1 Å². The van der Waals surface area contributed by atoms with Crippen LogP contribution in [0.1, 0.15) is 39.2 Å². The molecule has 25 heavy (non-hydrogen) atoms. The second-order valence-electron chi connectivity index (χ2n) is 7.44. The summed E-state index contributed by atoms with van der Waals surface area (Å²) in [5.41, 5.74) is 0.513. The van der Waals surface area contributed by atoms with Crippen molar-refractivity contribution in [3.05, 3.63) is 34.9 Å². The number of hydrogen-bond donors (Lipinski definition) is 2. The average molecular weight is 367 g/mol. The van der Waals surface area contributed by atoms with Crippen LogP contribution in [0.4, 0.5) is 0 Å². The minimum Gasteiger partial charge on any atom is -0.480 e. The van der Waals surface area contributed by atoms with Crippen molar-refractivity contribution in [2.24, 2.45) is 5.41 Å². The maximum absolute atomic E-state index is 12.6. The summed E-state index contributed by atoms with van der Waals surface area (Å²) in [6, 6.07) is 7.95. The number of hydrogen-bond acceptors (Lipinski definition) is 3. The molecule has 0 radical (unpaired) electrons. The monoisotopic (exact) mass is 366 g/mol. The van der Waals surface area contributed by atoms with Gasteiger partial charge in [0.15, 0.2) is 0 Å². The number of aliphatic carboxylic acids is 1. The number of benzene rings is 1. The van der Waals surface area contributed by atoms with Crippen LogP contribution in [0.15, 0.2) is 24.3 Å². The Morgan fingerprint density at radius 3 is 2.60 bits per heavy atom. The maximum atomic E-state index is 12.6. The van der Waals surface area contributed by atoms with Crippen molar-refractivity contribution in [1.82, 2.24) is 10.2 Å². The normalized spacial score (nSPS) is 20.2. The summed E-state index contributed by atoms with van der Waals surface area (Å²) < 4.78 is 0. The minimum atomic E-state index is -0.808. The highest BCUT2D eigenvalue weighted by molar-refractivity contribution is 6.30. The molecule has 0 atom stereocenters. The smallest absolute Gasteiger partial charge is 0.317 e. The van der Waals surface area contributed by atoms with Crippen LogP contribution < -0.4 is 5.32 Å². The Morgan fingerprint density at radius 1 is 1.36 bits per heavy atom. The Kier molecular flexibility index (Phi) is 6.47. The lowest BCUT2D eigenvalue weighted by molar-refractivity contribution is -0.140. The number of likely N-dealkylation sites (N-methyl/N-ethyl adjacent to an activating group) is 1. The highest BCUT2D eigenvalue weighted by Gasteiger charge is 2.37. The first-order valence-corrected chi connectivity index (χ1v) is 9.10. The molecule has 0 aromatic heterocycles. The summed E-state index contributed by atoms with van der Waals surface area (Å²) in [7, 11) is 0. The van der Waals surface area contributed by atoms with Crippen LogP contribution in [0.5, 0.6) is 0 Å². The van der Waals surface area contributed by atoms with Crippen molar-refractivity contribution < 1.29 is 14.7 Å². The van der Waals surface area contributed by atoms with Gasteiger partial charge in [0.25, 0.3) is 0 Å². The first-order chi connectivity index (χ1) is 11.7. The molecular weight excluding hydrogens is 340 g/mol. The van der Waals surface area contributed by atoms with E-state index in [9.17, 15) is 9.59 Å². The highest BCUT2D eigenvalue weighted by Crippen LogP contribution is 2.29. The van der Waals surface area contributed by atoms with E-state index >= 15 is 0 Å². The molecule has 0 unspecified atom stereocenters.